The molecule has 1 aliphatic rings. The van der Waals surface area contributed by atoms with Gasteiger partial charge < -0.3 is 19.7 Å². The van der Waals surface area contributed by atoms with Gasteiger partial charge in [-0.2, -0.15) is 4.31 Å². The van der Waals surface area contributed by atoms with Crippen LogP contribution in [-0.4, -0.2) is 70.1 Å². The number of ether oxygens (including phenoxy) is 2. The fourth-order valence-electron chi connectivity index (χ4n) is 3.60. The Morgan fingerprint density at radius 3 is 2.41 bits per heavy atom. The third kappa shape index (κ3) is 5.31. The minimum absolute atomic E-state index is 0.0239. The second kappa shape index (κ2) is 10.2. The van der Waals surface area contributed by atoms with E-state index in [-0.39, 0.29) is 54.7 Å². The van der Waals surface area contributed by atoms with E-state index in [0.29, 0.717) is 17.7 Å². The molecular formula is C22H28FN3O5S. The first kappa shape index (κ1) is 23.8. The van der Waals surface area contributed by atoms with Gasteiger partial charge in [0.25, 0.3) is 0 Å². The summed E-state index contributed by atoms with van der Waals surface area (Å²) in [7, 11) is -0.957. The van der Waals surface area contributed by atoms with Crippen molar-refractivity contribution in [3.63, 3.8) is 0 Å². The Morgan fingerprint density at radius 2 is 1.78 bits per heavy atom. The number of benzene rings is 2. The van der Waals surface area contributed by atoms with Crippen molar-refractivity contribution >= 4 is 16.1 Å². The van der Waals surface area contributed by atoms with Crippen molar-refractivity contribution in [3.05, 3.63) is 53.8 Å². The molecule has 0 aromatic heterocycles. The Bertz CT molecular complexity index is 1060. The molecule has 1 N–H and O–H groups in total. The van der Waals surface area contributed by atoms with Gasteiger partial charge in [0.05, 0.1) is 14.2 Å². The molecule has 0 aliphatic carbocycles. The maximum Gasteiger partial charge on any atom is 0.317 e. The van der Waals surface area contributed by atoms with E-state index < -0.39 is 10.0 Å². The average Bonchev–Trinajstić information content (AvgIpc) is 2.80. The summed E-state index contributed by atoms with van der Waals surface area (Å²) in [4.78, 5) is 14.2. The number of rotatable bonds is 7. The van der Waals surface area contributed by atoms with Crippen LogP contribution < -0.4 is 14.8 Å². The lowest BCUT2D eigenvalue weighted by Crippen LogP contribution is -2.54. The maximum absolute atomic E-state index is 13.8. The summed E-state index contributed by atoms with van der Waals surface area (Å²) in [6, 6.07) is 10.5. The molecule has 2 amide bonds. The highest BCUT2D eigenvalue weighted by molar-refractivity contribution is 7.89. The van der Waals surface area contributed by atoms with Crippen molar-refractivity contribution in [2.24, 2.45) is 0 Å². The lowest BCUT2D eigenvalue weighted by molar-refractivity contribution is 0.169. The van der Waals surface area contributed by atoms with Crippen LogP contribution >= 0.6 is 0 Å². The van der Waals surface area contributed by atoms with Gasteiger partial charge in [0.1, 0.15) is 22.2 Å². The first-order valence-corrected chi connectivity index (χ1v) is 11.7. The number of methoxy groups -OCH3 is 2. The zero-order valence-electron chi connectivity index (χ0n) is 18.4. The third-order valence-corrected chi connectivity index (χ3v) is 7.29. The molecule has 32 heavy (non-hydrogen) atoms. The number of urea groups is 1. The fourth-order valence-corrected chi connectivity index (χ4v) is 5.20. The molecule has 1 heterocycles. The second-order valence-corrected chi connectivity index (χ2v) is 9.46. The summed E-state index contributed by atoms with van der Waals surface area (Å²) < 4.78 is 51.9. The molecule has 3 rings (SSSR count). The molecule has 0 bridgehead atoms. The third-order valence-electron chi connectivity index (χ3n) is 5.37. The van der Waals surface area contributed by atoms with Crippen LogP contribution in [0.1, 0.15) is 12.5 Å². The topological polar surface area (TPSA) is 88.2 Å². The number of hydrogen-bond donors (Lipinski definition) is 1. The minimum atomic E-state index is -3.83. The van der Waals surface area contributed by atoms with E-state index in [2.05, 4.69) is 5.32 Å². The summed E-state index contributed by atoms with van der Waals surface area (Å²) >= 11 is 0. The van der Waals surface area contributed by atoms with Crippen LogP contribution in [0.15, 0.2) is 47.4 Å². The van der Waals surface area contributed by atoms with Gasteiger partial charge in [-0.25, -0.2) is 17.6 Å². The van der Waals surface area contributed by atoms with Gasteiger partial charge in [-0.1, -0.05) is 18.2 Å². The van der Waals surface area contributed by atoms with Crippen molar-refractivity contribution in [3.8, 4) is 11.5 Å². The Morgan fingerprint density at radius 1 is 1.09 bits per heavy atom. The van der Waals surface area contributed by atoms with E-state index >= 15 is 0 Å². The lowest BCUT2D eigenvalue weighted by Gasteiger charge is -2.34. The van der Waals surface area contributed by atoms with Gasteiger partial charge in [-0.3, -0.25) is 0 Å². The van der Waals surface area contributed by atoms with E-state index in [9.17, 15) is 17.6 Å². The van der Waals surface area contributed by atoms with Crippen LogP contribution in [0.3, 0.4) is 0 Å². The number of nitrogens with zero attached hydrogens (tertiary/aromatic N) is 2. The molecule has 0 saturated carbocycles. The predicted molar refractivity (Wildman–Crippen MR) is 118 cm³/mol. The summed E-state index contributed by atoms with van der Waals surface area (Å²) in [6.45, 7) is 2.59. The van der Waals surface area contributed by atoms with E-state index in [1.807, 2.05) is 0 Å². The van der Waals surface area contributed by atoms with Crippen LogP contribution in [0.2, 0.25) is 0 Å². The quantitative estimate of drug-likeness (QED) is 0.679. The standard InChI is InChI=1S/C22H28FN3O5S/c1-16(14-17-6-4-5-7-19(17)23)24-22(27)25-10-12-26(13-11-25)32(28,29)21-15-18(30-2)8-9-20(21)31-3/h4-9,15-16H,10-14H2,1-3H3,(H,24,27). The predicted octanol–water partition coefficient (Wildman–Crippen LogP) is 2.49. The minimum Gasteiger partial charge on any atom is -0.497 e. The van der Waals surface area contributed by atoms with E-state index in [4.69, 9.17) is 9.47 Å². The highest BCUT2D eigenvalue weighted by atomic mass is 32.2. The van der Waals surface area contributed by atoms with Crippen molar-refractivity contribution in [1.82, 2.24) is 14.5 Å². The molecule has 1 atom stereocenters. The van der Waals surface area contributed by atoms with Crippen LogP contribution in [-0.2, 0) is 16.4 Å². The van der Waals surface area contributed by atoms with Crippen LogP contribution in [0.25, 0.3) is 0 Å². The Kier molecular flexibility index (Phi) is 7.57. The molecule has 2 aromatic rings. The van der Waals surface area contributed by atoms with Crippen LogP contribution in [0, 0.1) is 5.82 Å². The number of hydrogen-bond acceptors (Lipinski definition) is 5. The zero-order chi connectivity index (χ0) is 23.3. The van der Waals surface area contributed by atoms with Gasteiger partial charge in [0.2, 0.25) is 10.0 Å². The molecule has 1 fully saturated rings. The molecule has 174 valence electrons. The number of halogens is 1. The molecule has 1 saturated heterocycles. The molecule has 0 spiro atoms. The molecular weight excluding hydrogens is 437 g/mol. The van der Waals surface area contributed by atoms with E-state index in [0.717, 1.165) is 0 Å². The van der Waals surface area contributed by atoms with Gasteiger partial charge >= 0.3 is 6.03 Å². The van der Waals surface area contributed by atoms with E-state index in [1.165, 1.54) is 30.7 Å². The smallest absolute Gasteiger partial charge is 0.317 e. The summed E-state index contributed by atoms with van der Waals surface area (Å²) in [5.74, 6) is 0.333. The highest BCUT2D eigenvalue weighted by Crippen LogP contribution is 2.31. The molecule has 10 heteroatoms. The number of carbonyl (C=O) groups excluding carboxylic acids is 1. The summed E-state index contributed by atoms with van der Waals surface area (Å²) in [6.07, 6.45) is 0.363. The highest BCUT2D eigenvalue weighted by Gasteiger charge is 2.32. The number of piperazine rings is 1. The molecule has 0 radical (unpaired) electrons. The van der Waals surface area contributed by atoms with Crippen molar-refractivity contribution in [2.75, 3.05) is 40.4 Å². The number of carbonyl (C=O) groups is 1. The van der Waals surface area contributed by atoms with Gasteiger partial charge in [0.15, 0.2) is 0 Å². The second-order valence-electron chi connectivity index (χ2n) is 7.55. The summed E-state index contributed by atoms with van der Waals surface area (Å²) in [5, 5.41) is 2.86. The van der Waals surface area contributed by atoms with Gasteiger partial charge in [-0.05, 0) is 37.1 Å². The Balaban J connectivity index is 1.61. The normalized spacial score (nSPS) is 15.8. The molecule has 2 aromatic carbocycles. The average molecular weight is 466 g/mol. The Hall–Kier alpha value is -2.85. The largest absolute Gasteiger partial charge is 0.497 e. The zero-order valence-corrected chi connectivity index (χ0v) is 19.2. The maximum atomic E-state index is 13.8. The van der Waals surface area contributed by atoms with Crippen LogP contribution in [0.4, 0.5) is 9.18 Å². The number of sulfonamides is 1. The molecule has 8 nitrogen and oxygen atoms in total. The van der Waals surface area contributed by atoms with Crippen LogP contribution in [0.5, 0.6) is 11.5 Å². The monoisotopic (exact) mass is 465 g/mol. The molecule has 1 aliphatic heterocycles. The first-order valence-electron chi connectivity index (χ1n) is 10.3. The van der Waals surface area contributed by atoms with Crippen molar-refractivity contribution < 1.29 is 27.1 Å². The van der Waals surface area contributed by atoms with E-state index in [1.54, 1.807) is 42.2 Å². The fraction of sp³-hybridized carbons (Fsp3) is 0.409. The van der Waals surface area contributed by atoms with Crippen molar-refractivity contribution in [1.29, 1.82) is 0 Å². The number of nitrogens with one attached hydrogen (secondary N) is 1. The first-order chi connectivity index (χ1) is 15.3. The number of amides is 2. The SMILES string of the molecule is COc1ccc(OC)c(S(=O)(=O)N2CCN(C(=O)NC(C)Cc3ccccc3F)CC2)c1. The lowest BCUT2D eigenvalue weighted by atomic mass is 10.1. The molecule has 1 unspecified atom stereocenters. The van der Waals surface area contributed by atoms with Gasteiger partial charge in [-0.15, -0.1) is 0 Å². The Labute approximate surface area is 188 Å². The van der Waals surface area contributed by atoms with Gasteiger partial charge in [0, 0.05) is 38.3 Å². The van der Waals surface area contributed by atoms with Crippen molar-refractivity contribution in [2.45, 2.75) is 24.3 Å². The summed E-state index contributed by atoms with van der Waals surface area (Å²) in [5.41, 5.74) is 0.531.